The smallest absolute Gasteiger partial charge is 0.430 e. The molecule has 0 spiro atoms. The fourth-order valence-corrected chi connectivity index (χ4v) is 4.24. The number of likely N-dealkylation sites (N-methyl/N-ethyl adjacent to an activating group) is 1. The van der Waals surface area contributed by atoms with E-state index >= 15 is 0 Å². The fourth-order valence-electron chi connectivity index (χ4n) is 4.24. The molecule has 0 aromatic carbocycles. The highest BCUT2D eigenvalue weighted by Crippen LogP contribution is 2.21. The molecule has 1 heterocycles. The van der Waals surface area contributed by atoms with Crippen LogP contribution in [0.4, 0.5) is 13.2 Å². The Morgan fingerprint density at radius 1 is 1.00 bits per heavy atom. The molecule has 1 fully saturated rings. The van der Waals surface area contributed by atoms with Crippen LogP contribution in [0.15, 0.2) is 0 Å². The number of nitrogens with zero attached hydrogens (tertiary/aromatic N) is 1. The molecule has 13 nitrogen and oxygen atoms in total. The SMILES string of the molecule is CCN(CC(=O)N[C@@H](CC(=O)O)C(=O)N[C@@H](CC(C)(C)C)C(=O)O)C(=O)CCCC1CC[NH2+]CC1.O=C([O-])C(F)(F)F. The number of quaternary nitrogens is 1. The molecule has 0 aromatic heterocycles. The zero-order valence-electron chi connectivity index (χ0n) is 24.4. The van der Waals surface area contributed by atoms with Gasteiger partial charge in [-0.3, -0.25) is 19.2 Å². The van der Waals surface area contributed by atoms with Gasteiger partial charge in [0.1, 0.15) is 18.1 Å². The van der Waals surface area contributed by atoms with Gasteiger partial charge in [-0.15, -0.1) is 0 Å². The number of alkyl halides is 3. The number of hydrogen-bond acceptors (Lipinski definition) is 7. The van der Waals surface area contributed by atoms with Crippen LogP contribution in [0.1, 0.15) is 72.6 Å². The molecule has 0 unspecified atom stereocenters. The maximum atomic E-state index is 12.7. The average molecular weight is 613 g/mol. The van der Waals surface area contributed by atoms with Crippen molar-refractivity contribution in [1.82, 2.24) is 15.5 Å². The first-order valence-corrected chi connectivity index (χ1v) is 13.7. The van der Waals surface area contributed by atoms with Crippen LogP contribution >= 0.6 is 0 Å². The molecule has 42 heavy (non-hydrogen) atoms. The third-order valence-electron chi connectivity index (χ3n) is 6.32. The molecule has 1 aliphatic heterocycles. The minimum atomic E-state index is -5.19. The highest BCUT2D eigenvalue weighted by atomic mass is 19.4. The average Bonchev–Trinajstić information content (AvgIpc) is 2.85. The van der Waals surface area contributed by atoms with Crippen molar-refractivity contribution in [3.8, 4) is 0 Å². The first kappa shape index (κ1) is 38.6. The van der Waals surface area contributed by atoms with Gasteiger partial charge in [-0.2, -0.15) is 13.2 Å². The van der Waals surface area contributed by atoms with Gasteiger partial charge in [0, 0.05) is 13.0 Å². The van der Waals surface area contributed by atoms with Crippen LogP contribution in [0.25, 0.3) is 0 Å². The van der Waals surface area contributed by atoms with Gasteiger partial charge in [0.15, 0.2) is 0 Å². The molecule has 16 heteroatoms. The number of nitrogens with one attached hydrogen (secondary N) is 2. The summed E-state index contributed by atoms with van der Waals surface area (Å²) < 4.78 is 31.5. The van der Waals surface area contributed by atoms with Crippen molar-refractivity contribution < 1.29 is 62.6 Å². The lowest BCUT2D eigenvalue weighted by atomic mass is 9.88. The topological polar surface area (TPSA) is 210 Å². The minimum Gasteiger partial charge on any atom is -0.542 e. The standard InChI is InChI=1S/C24H42N4O7.C2HF3O2/c1-5-28(20(30)8-6-7-16-9-11-25-12-10-16)15-19(29)26-17(13-21(31)32)22(33)27-18(23(34)35)14-24(2,3)4;3-2(4,5)1(6)7/h16-18,25H,5-15H2,1-4H3,(H,26,29)(H,27,33)(H,31,32)(H,34,35);(H,6,7)/t17-,18-;/m0./s1. The van der Waals surface area contributed by atoms with E-state index in [1.54, 1.807) is 6.92 Å². The normalized spacial score (nSPS) is 15.3. The molecule has 0 bridgehead atoms. The molecule has 0 saturated carbocycles. The van der Waals surface area contributed by atoms with Crippen molar-refractivity contribution in [2.45, 2.75) is 90.9 Å². The minimum absolute atomic E-state index is 0.124. The van der Waals surface area contributed by atoms with E-state index in [-0.39, 0.29) is 18.9 Å². The van der Waals surface area contributed by atoms with E-state index in [4.69, 9.17) is 9.90 Å². The Balaban J connectivity index is 0.00000212. The summed E-state index contributed by atoms with van der Waals surface area (Å²) in [6, 6.07) is -2.69. The molecule has 6 N–H and O–H groups in total. The molecule has 1 aliphatic rings. The molecule has 0 aliphatic carbocycles. The number of halogens is 3. The van der Waals surface area contributed by atoms with Crippen molar-refractivity contribution in [2.24, 2.45) is 11.3 Å². The van der Waals surface area contributed by atoms with E-state index in [2.05, 4.69) is 16.0 Å². The molecule has 3 amide bonds. The lowest BCUT2D eigenvalue weighted by molar-refractivity contribution is -0.664. The Morgan fingerprint density at radius 2 is 1.55 bits per heavy atom. The summed E-state index contributed by atoms with van der Waals surface area (Å²) >= 11 is 0. The van der Waals surface area contributed by atoms with Crippen molar-refractivity contribution >= 4 is 35.6 Å². The number of carboxylic acid groups (broad SMARTS) is 3. The number of carbonyl (C=O) groups excluding carboxylic acids is 4. The number of carboxylic acids is 3. The van der Waals surface area contributed by atoms with E-state index in [9.17, 15) is 47.4 Å². The maximum absolute atomic E-state index is 12.7. The van der Waals surface area contributed by atoms with Gasteiger partial charge in [0.05, 0.1) is 26.1 Å². The Labute approximate surface area is 242 Å². The Morgan fingerprint density at radius 3 is 1.98 bits per heavy atom. The molecular weight excluding hydrogens is 569 g/mol. The van der Waals surface area contributed by atoms with E-state index in [0.29, 0.717) is 18.9 Å². The Kier molecular flexibility index (Phi) is 16.7. The summed E-state index contributed by atoms with van der Waals surface area (Å²) in [6.07, 6.45) is -1.43. The lowest BCUT2D eigenvalue weighted by Crippen LogP contribution is -2.86. The second-order valence-corrected chi connectivity index (χ2v) is 11.3. The quantitative estimate of drug-likeness (QED) is 0.167. The van der Waals surface area contributed by atoms with Crippen LogP contribution in [0.3, 0.4) is 0 Å². The summed E-state index contributed by atoms with van der Waals surface area (Å²) in [5.74, 6) is -6.68. The van der Waals surface area contributed by atoms with Crippen LogP contribution in [-0.4, -0.2) is 95.2 Å². The number of amides is 3. The number of nitrogens with two attached hydrogens (primary N) is 1. The van der Waals surface area contributed by atoms with Gasteiger partial charge in [-0.05, 0) is 50.4 Å². The van der Waals surface area contributed by atoms with Gasteiger partial charge in [0.25, 0.3) is 0 Å². The summed E-state index contributed by atoms with van der Waals surface area (Å²) in [5, 5.41) is 34.4. The van der Waals surface area contributed by atoms with Crippen molar-refractivity contribution in [3.63, 3.8) is 0 Å². The molecule has 0 aromatic rings. The molecule has 1 saturated heterocycles. The van der Waals surface area contributed by atoms with Gasteiger partial charge >= 0.3 is 18.1 Å². The Hall–Kier alpha value is -3.43. The molecule has 242 valence electrons. The third kappa shape index (κ3) is 17.4. The van der Waals surface area contributed by atoms with E-state index in [1.807, 2.05) is 20.8 Å². The van der Waals surface area contributed by atoms with Gasteiger partial charge < -0.3 is 41.0 Å². The third-order valence-corrected chi connectivity index (χ3v) is 6.32. The van der Waals surface area contributed by atoms with Crippen LogP contribution in [0.2, 0.25) is 0 Å². The highest BCUT2D eigenvalue weighted by molar-refractivity contribution is 5.94. The van der Waals surface area contributed by atoms with Crippen LogP contribution in [-0.2, 0) is 28.8 Å². The van der Waals surface area contributed by atoms with Crippen LogP contribution in [0.5, 0.6) is 0 Å². The van der Waals surface area contributed by atoms with Gasteiger partial charge in [0.2, 0.25) is 17.7 Å². The van der Waals surface area contributed by atoms with Crippen molar-refractivity contribution in [1.29, 1.82) is 0 Å². The second kappa shape index (κ2) is 18.2. The largest absolute Gasteiger partial charge is 0.542 e. The van der Waals surface area contributed by atoms with Crippen molar-refractivity contribution in [2.75, 3.05) is 26.2 Å². The van der Waals surface area contributed by atoms with Crippen LogP contribution in [0, 0.1) is 11.3 Å². The molecular formula is C26H43F3N4O9. The summed E-state index contributed by atoms with van der Waals surface area (Å²) in [6.45, 7) is 9.42. The first-order valence-electron chi connectivity index (χ1n) is 13.7. The zero-order valence-corrected chi connectivity index (χ0v) is 24.4. The van der Waals surface area contributed by atoms with Gasteiger partial charge in [-0.25, -0.2) is 4.79 Å². The number of piperidine rings is 1. The van der Waals surface area contributed by atoms with Crippen LogP contribution < -0.4 is 21.1 Å². The highest BCUT2D eigenvalue weighted by Gasteiger charge is 2.31. The summed E-state index contributed by atoms with van der Waals surface area (Å²) in [5.41, 5.74) is -0.403. The zero-order chi connectivity index (χ0) is 32.7. The van der Waals surface area contributed by atoms with E-state index in [1.165, 1.54) is 4.90 Å². The second-order valence-electron chi connectivity index (χ2n) is 11.3. The number of aliphatic carboxylic acids is 3. The number of carbonyl (C=O) groups is 6. The Bertz CT molecular complexity index is 933. The van der Waals surface area contributed by atoms with E-state index in [0.717, 1.165) is 38.8 Å². The van der Waals surface area contributed by atoms with Crippen molar-refractivity contribution in [3.05, 3.63) is 0 Å². The lowest BCUT2D eigenvalue weighted by Gasteiger charge is -2.26. The first-order chi connectivity index (χ1) is 19.3. The summed E-state index contributed by atoms with van der Waals surface area (Å²) in [7, 11) is 0. The number of rotatable bonds is 14. The molecule has 2 atom stereocenters. The maximum Gasteiger partial charge on any atom is 0.430 e. The molecule has 0 radical (unpaired) electrons. The predicted molar refractivity (Wildman–Crippen MR) is 139 cm³/mol. The fraction of sp³-hybridized carbons (Fsp3) is 0.769. The number of hydrogen-bond donors (Lipinski definition) is 5. The van der Waals surface area contributed by atoms with E-state index < -0.39 is 59.8 Å². The predicted octanol–water partition coefficient (Wildman–Crippen LogP) is -0.758. The summed E-state index contributed by atoms with van der Waals surface area (Å²) in [4.78, 5) is 70.8. The monoisotopic (exact) mass is 612 g/mol. The van der Waals surface area contributed by atoms with Gasteiger partial charge in [-0.1, -0.05) is 20.8 Å². The molecule has 1 rings (SSSR count).